The SMILES string of the molecule is CC1=CC(/C=C/c2ccc(N(C)C)cc2)=C[NH+]1Cc1ccccc1. The molecule has 0 aliphatic carbocycles. The first-order valence-corrected chi connectivity index (χ1v) is 8.37. The molecule has 3 rings (SSSR count). The van der Waals surface area contributed by atoms with E-state index in [-0.39, 0.29) is 0 Å². The summed E-state index contributed by atoms with van der Waals surface area (Å²) < 4.78 is 0. The molecule has 2 aromatic rings. The van der Waals surface area contributed by atoms with E-state index in [1.165, 1.54) is 33.0 Å². The van der Waals surface area contributed by atoms with Gasteiger partial charge in [0, 0.05) is 43.9 Å². The molecule has 0 bridgehead atoms. The van der Waals surface area contributed by atoms with Gasteiger partial charge in [-0.1, -0.05) is 48.5 Å². The van der Waals surface area contributed by atoms with Gasteiger partial charge in [0.1, 0.15) is 18.4 Å². The standard InChI is InChI=1S/C22H24N2/c1-18-15-21(17-24(18)16-20-7-5-4-6-8-20)10-9-19-11-13-22(14-12-19)23(2)3/h4-15,17H,16H2,1-3H3/p+1/b10-9+. The van der Waals surface area contributed by atoms with Crippen LogP contribution in [0.25, 0.3) is 6.08 Å². The highest BCUT2D eigenvalue weighted by atomic mass is 15.1. The van der Waals surface area contributed by atoms with Gasteiger partial charge in [0.15, 0.2) is 0 Å². The molecule has 0 radical (unpaired) electrons. The van der Waals surface area contributed by atoms with Crippen molar-refractivity contribution in [2.24, 2.45) is 0 Å². The normalized spacial score (nSPS) is 17.0. The van der Waals surface area contributed by atoms with Gasteiger partial charge < -0.3 is 4.90 Å². The van der Waals surface area contributed by atoms with Crippen molar-refractivity contribution in [2.75, 3.05) is 19.0 Å². The van der Waals surface area contributed by atoms with E-state index in [2.05, 4.69) is 105 Å². The predicted molar refractivity (Wildman–Crippen MR) is 103 cm³/mol. The quantitative estimate of drug-likeness (QED) is 0.884. The summed E-state index contributed by atoms with van der Waals surface area (Å²) in [7, 11) is 4.12. The van der Waals surface area contributed by atoms with Crippen molar-refractivity contribution in [1.82, 2.24) is 0 Å². The average Bonchev–Trinajstić information content (AvgIpc) is 2.94. The van der Waals surface area contributed by atoms with Crippen LogP contribution in [0.2, 0.25) is 0 Å². The van der Waals surface area contributed by atoms with Crippen molar-refractivity contribution in [2.45, 2.75) is 13.5 Å². The Morgan fingerprint density at radius 2 is 1.62 bits per heavy atom. The zero-order valence-electron chi connectivity index (χ0n) is 14.7. The number of hydrogen-bond acceptors (Lipinski definition) is 1. The van der Waals surface area contributed by atoms with Gasteiger partial charge in [-0.05, 0) is 23.8 Å². The van der Waals surface area contributed by atoms with Gasteiger partial charge >= 0.3 is 0 Å². The highest BCUT2D eigenvalue weighted by molar-refractivity contribution is 5.58. The van der Waals surface area contributed by atoms with Crippen LogP contribution < -0.4 is 9.80 Å². The molecular formula is C22H25N2+. The van der Waals surface area contributed by atoms with E-state index >= 15 is 0 Å². The number of anilines is 1. The largest absolute Gasteiger partial charge is 0.378 e. The summed E-state index contributed by atoms with van der Waals surface area (Å²) in [4.78, 5) is 3.52. The average molecular weight is 317 g/mol. The number of benzene rings is 2. The molecule has 0 saturated heterocycles. The molecule has 2 aromatic carbocycles. The van der Waals surface area contributed by atoms with E-state index in [9.17, 15) is 0 Å². The van der Waals surface area contributed by atoms with Crippen molar-refractivity contribution in [1.29, 1.82) is 0 Å². The van der Waals surface area contributed by atoms with Gasteiger partial charge in [-0.25, -0.2) is 0 Å². The van der Waals surface area contributed by atoms with Crippen molar-refractivity contribution in [3.8, 4) is 0 Å². The third kappa shape index (κ3) is 4.03. The van der Waals surface area contributed by atoms with Crippen LogP contribution in [0.1, 0.15) is 18.1 Å². The Balaban J connectivity index is 1.68. The second-order valence-corrected chi connectivity index (χ2v) is 6.48. The summed E-state index contributed by atoms with van der Waals surface area (Å²) in [5.41, 5.74) is 6.45. The number of allylic oxidation sites excluding steroid dienone is 4. The second-order valence-electron chi connectivity index (χ2n) is 6.48. The molecular weight excluding hydrogens is 292 g/mol. The van der Waals surface area contributed by atoms with Crippen molar-refractivity contribution < 1.29 is 4.90 Å². The lowest BCUT2D eigenvalue weighted by molar-refractivity contribution is -0.817. The minimum absolute atomic E-state index is 0.998. The Morgan fingerprint density at radius 1 is 0.917 bits per heavy atom. The molecule has 0 saturated carbocycles. The van der Waals surface area contributed by atoms with Crippen LogP contribution in [0.4, 0.5) is 5.69 Å². The molecule has 1 aliphatic rings. The first-order valence-electron chi connectivity index (χ1n) is 8.37. The Hall–Kier alpha value is -2.58. The zero-order valence-corrected chi connectivity index (χ0v) is 14.7. The number of nitrogens with one attached hydrogen (secondary N) is 1. The first-order chi connectivity index (χ1) is 11.6. The zero-order chi connectivity index (χ0) is 16.9. The smallest absolute Gasteiger partial charge is 0.111 e. The van der Waals surface area contributed by atoms with E-state index in [0.717, 1.165) is 6.54 Å². The van der Waals surface area contributed by atoms with Gasteiger partial charge in [0.2, 0.25) is 0 Å². The fourth-order valence-electron chi connectivity index (χ4n) is 2.88. The summed E-state index contributed by atoms with van der Waals surface area (Å²) in [6.45, 7) is 3.19. The Bertz CT molecular complexity index is 765. The van der Waals surface area contributed by atoms with E-state index in [0.29, 0.717) is 0 Å². The molecule has 1 unspecified atom stereocenters. The highest BCUT2D eigenvalue weighted by Gasteiger charge is 2.16. The number of hydrogen-bond donors (Lipinski definition) is 1. The van der Waals surface area contributed by atoms with Crippen LogP contribution in [0.15, 0.2) is 84.2 Å². The predicted octanol–water partition coefficient (Wildman–Crippen LogP) is 3.65. The lowest BCUT2D eigenvalue weighted by Crippen LogP contribution is -3.03. The van der Waals surface area contributed by atoms with Crippen molar-refractivity contribution in [3.63, 3.8) is 0 Å². The summed E-state index contributed by atoms with van der Waals surface area (Å²) in [6.07, 6.45) is 8.95. The maximum absolute atomic E-state index is 2.30. The molecule has 1 atom stereocenters. The molecule has 2 heteroatoms. The molecule has 0 spiro atoms. The first kappa shape index (κ1) is 16.3. The summed E-state index contributed by atoms with van der Waals surface area (Å²) in [5.74, 6) is 0. The van der Waals surface area contributed by atoms with Crippen LogP contribution in [-0.4, -0.2) is 14.1 Å². The van der Waals surface area contributed by atoms with Crippen LogP contribution >= 0.6 is 0 Å². The second kappa shape index (κ2) is 7.33. The van der Waals surface area contributed by atoms with Crippen LogP contribution in [0, 0.1) is 0 Å². The Kier molecular flexibility index (Phi) is 4.97. The fourth-order valence-corrected chi connectivity index (χ4v) is 2.88. The maximum atomic E-state index is 2.30. The third-order valence-electron chi connectivity index (χ3n) is 4.35. The minimum Gasteiger partial charge on any atom is -0.378 e. The highest BCUT2D eigenvalue weighted by Crippen LogP contribution is 2.15. The summed E-state index contributed by atoms with van der Waals surface area (Å²) in [6, 6.07) is 19.3. The molecule has 122 valence electrons. The molecule has 2 nitrogen and oxygen atoms in total. The number of rotatable bonds is 5. The van der Waals surface area contributed by atoms with E-state index in [1.54, 1.807) is 0 Å². The summed E-state index contributed by atoms with van der Waals surface area (Å²) in [5, 5.41) is 0. The van der Waals surface area contributed by atoms with E-state index < -0.39 is 0 Å². The molecule has 1 aliphatic heterocycles. The van der Waals surface area contributed by atoms with E-state index in [4.69, 9.17) is 0 Å². The maximum Gasteiger partial charge on any atom is 0.111 e. The van der Waals surface area contributed by atoms with Crippen molar-refractivity contribution >= 4 is 11.8 Å². The molecule has 24 heavy (non-hydrogen) atoms. The van der Waals surface area contributed by atoms with Gasteiger partial charge in [0.05, 0.1) is 0 Å². The third-order valence-corrected chi connectivity index (χ3v) is 4.35. The lowest BCUT2D eigenvalue weighted by Gasteiger charge is -2.11. The van der Waals surface area contributed by atoms with E-state index in [1.807, 2.05) is 0 Å². The topological polar surface area (TPSA) is 7.68 Å². The monoisotopic (exact) mass is 317 g/mol. The number of quaternary nitrogens is 1. The Morgan fingerprint density at radius 3 is 2.29 bits per heavy atom. The van der Waals surface area contributed by atoms with Crippen LogP contribution in [-0.2, 0) is 6.54 Å². The molecule has 0 aromatic heterocycles. The summed E-state index contributed by atoms with van der Waals surface area (Å²) >= 11 is 0. The van der Waals surface area contributed by atoms with Gasteiger partial charge in [-0.15, -0.1) is 0 Å². The van der Waals surface area contributed by atoms with Gasteiger partial charge in [-0.2, -0.15) is 0 Å². The number of nitrogens with zero attached hydrogens (tertiary/aromatic N) is 1. The molecule has 0 amide bonds. The minimum atomic E-state index is 0.998. The fraction of sp³-hybridized carbons (Fsp3) is 0.182. The van der Waals surface area contributed by atoms with Gasteiger partial charge in [0.25, 0.3) is 0 Å². The lowest BCUT2D eigenvalue weighted by atomic mass is 10.1. The van der Waals surface area contributed by atoms with Gasteiger partial charge in [-0.3, -0.25) is 4.90 Å². The molecule has 1 N–H and O–H groups in total. The van der Waals surface area contributed by atoms with Crippen molar-refractivity contribution in [3.05, 3.63) is 95.3 Å². The van der Waals surface area contributed by atoms with Crippen LogP contribution in [0.3, 0.4) is 0 Å². The Labute approximate surface area is 145 Å². The molecule has 0 fully saturated rings. The van der Waals surface area contributed by atoms with Crippen LogP contribution in [0.5, 0.6) is 0 Å². The molecule has 1 heterocycles.